The molecule has 3 N–H and O–H groups in total. The van der Waals surface area contributed by atoms with Gasteiger partial charge in [-0.2, -0.15) is 0 Å². The fourth-order valence-electron chi connectivity index (χ4n) is 3.71. The number of fused-ring (bicyclic) bond motifs is 1. The Morgan fingerprint density at radius 1 is 1.11 bits per heavy atom. The summed E-state index contributed by atoms with van der Waals surface area (Å²) < 4.78 is 0. The first-order valence-corrected chi connectivity index (χ1v) is 10.2. The van der Waals surface area contributed by atoms with E-state index in [1.165, 1.54) is 5.56 Å². The van der Waals surface area contributed by atoms with Crippen LogP contribution < -0.4 is 16.0 Å². The van der Waals surface area contributed by atoms with Crippen LogP contribution in [0, 0.1) is 5.92 Å². The standard InChI is InChI=1S/C22H20N4OS/c23-20-17-10-11-28-22(17)24-13-26(20)16-8-6-15(7-9-16)25-21(27)19-12-18(19)14-4-2-1-3-5-14/h1-11,13,18-20H,12,23H2,(H,25,27)/t18-,19+,20?/m1/s1. The lowest BCUT2D eigenvalue weighted by Gasteiger charge is -2.29. The second-order valence-electron chi connectivity index (χ2n) is 7.17. The number of hydrogen-bond donors (Lipinski definition) is 2. The highest BCUT2D eigenvalue weighted by Gasteiger charge is 2.43. The summed E-state index contributed by atoms with van der Waals surface area (Å²) >= 11 is 1.59. The van der Waals surface area contributed by atoms with Gasteiger partial charge < -0.3 is 16.0 Å². The van der Waals surface area contributed by atoms with Crippen molar-refractivity contribution >= 4 is 40.0 Å². The highest BCUT2D eigenvalue weighted by Crippen LogP contribution is 2.48. The number of hydrogen-bond acceptors (Lipinski definition) is 5. The van der Waals surface area contributed by atoms with E-state index in [1.54, 1.807) is 17.7 Å². The Kier molecular flexibility index (Phi) is 4.22. The first-order valence-electron chi connectivity index (χ1n) is 9.32. The van der Waals surface area contributed by atoms with Crippen LogP contribution >= 0.6 is 11.3 Å². The lowest BCUT2D eigenvalue weighted by Crippen LogP contribution is -2.35. The van der Waals surface area contributed by atoms with Crippen LogP contribution in [0.15, 0.2) is 71.0 Å². The second-order valence-corrected chi connectivity index (χ2v) is 8.07. The smallest absolute Gasteiger partial charge is 0.228 e. The molecule has 1 saturated carbocycles. The molecule has 5 rings (SSSR count). The van der Waals surface area contributed by atoms with Crippen LogP contribution in [-0.2, 0) is 4.79 Å². The molecule has 3 aromatic rings. The minimum Gasteiger partial charge on any atom is -0.326 e. The molecule has 0 radical (unpaired) electrons. The Morgan fingerprint density at radius 2 is 1.89 bits per heavy atom. The molecule has 2 aromatic carbocycles. The molecule has 5 nitrogen and oxygen atoms in total. The maximum absolute atomic E-state index is 12.5. The maximum atomic E-state index is 12.5. The zero-order chi connectivity index (χ0) is 19.1. The Hall–Kier alpha value is -2.96. The van der Waals surface area contributed by atoms with E-state index < -0.39 is 0 Å². The molecule has 2 aliphatic rings. The summed E-state index contributed by atoms with van der Waals surface area (Å²) in [6, 6.07) is 20.0. The quantitative estimate of drug-likeness (QED) is 0.685. The van der Waals surface area contributed by atoms with E-state index in [2.05, 4.69) is 22.4 Å². The van der Waals surface area contributed by atoms with E-state index in [9.17, 15) is 4.79 Å². The summed E-state index contributed by atoms with van der Waals surface area (Å²) in [5, 5.41) is 6.00. The van der Waals surface area contributed by atoms with Gasteiger partial charge in [-0.25, -0.2) is 4.99 Å². The summed E-state index contributed by atoms with van der Waals surface area (Å²) in [7, 11) is 0. The van der Waals surface area contributed by atoms with Crippen LogP contribution in [0.25, 0.3) is 0 Å². The molecule has 1 aromatic heterocycles. The number of benzene rings is 2. The van der Waals surface area contributed by atoms with Crippen LogP contribution in [0.3, 0.4) is 0 Å². The Balaban J connectivity index is 1.24. The lowest BCUT2D eigenvalue weighted by molar-refractivity contribution is -0.117. The van der Waals surface area contributed by atoms with Crippen molar-refractivity contribution in [2.45, 2.75) is 18.5 Å². The number of carbonyl (C=O) groups excluding carboxylic acids is 1. The highest BCUT2D eigenvalue weighted by atomic mass is 32.1. The third kappa shape index (κ3) is 3.10. The number of aliphatic imine (C=N–C) groups is 1. The molecule has 28 heavy (non-hydrogen) atoms. The minimum absolute atomic E-state index is 0.0572. The molecule has 1 aliphatic heterocycles. The molecule has 6 heteroatoms. The zero-order valence-corrected chi connectivity index (χ0v) is 16.0. The lowest BCUT2D eigenvalue weighted by atomic mass is 10.1. The van der Waals surface area contributed by atoms with Gasteiger partial charge in [0.05, 0.1) is 6.34 Å². The number of nitrogens with one attached hydrogen (secondary N) is 1. The number of carbonyl (C=O) groups is 1. The summed E-state index contributed by atoms with van der Waals surface area (Å²) in [6.07, 6.45) is 2.43. The number of nitrogens with two attached hydrogens (primary N) is 1. The molecule has 0 bridgehead atoms. The van der Waals surface area contributed by atoms with Gasteiger partial charge in [0.25, 0.3) is 0 Å². The van der Waals surface area contributed by atoms with Gasteiger partial charge in [0, 0.05) is 22.9 Å². The van der Waals surface area contributed by atoms with Gasteiger partial charge in [0.2, 0.25) is 5.91 Å². The number of anilines is 2. The Labute approximate surface area is 167 Å². The third-order valence-corrected chi connectivity index (χ3v) is 6.22. The van der Waals surface area contributed by atoms with Crippen molar-refractivity contribution in [1.82, 2.24) is 0 Å². The van der Waals surface area contributed by atoms with Gasteiger partial charge in [-0.3, -0.25) is 4.79 Å². The number of nitrogens with zero attached hydrogens (tertiary/aromatic N) is 2. The van der Waals surface area contributed by atoms with E-state index >= 15 is 0 Å². The van der Waals surface area contributed by atoms with E-state index in [0.717, 1.165) is 28.4 Å². The van der Waals surface area contributed by atoms with Crippen molar-refractivity contribution in [2.24, 2.45) is 16.6 Å². The van der Waals surface area contributed by atoms with Crippen LogP contribution in [0.1, 0.15) is 29.6 Å². The first-order chi connectivity index (χ1) is 13.7. The molecule has 140 valence electrons. The summed E-state index contributed by atoms with van der Waals surface area (Å²) in [4.78, 5) is 19.0. The third-order valence-electron chi connectivity index (χ3n) is 5.38. The molecule has 1 amide bonds. The first kappa shape index (κ1) is 17.2. The van der Waals surface area contributed by atoms with Crippen molar-refractivity contribution in [3.05, 3.63) is 77.2 Å². The van der Waals surface area contributed by atoms with Crippen LogP contribution in [0.2, 0.25) is 0 Å². The molecule has 1 aliphatic carbocycles. The highest BCUT2D eigenvalue weighted by molar-refractivity contribution is 7.14. The van der Waals surface area contributed by atoms with Crippen molar-refractivity contribution in [3.63, 3.8) is 0 Å². The normalized spacial score (nSPS) is 22.6. The van der Waals surface area contributed by atoms with E-state index in [-0.39, 0.29) is 18.0 Å². The molecule has 3 atom stereocenters. The molecule has 0 spiro atoms. The average Bonchev–Trinajstić information content (AvgIpc) is 3.39. The molecule has 2 heterocycles. The summed E-state index contributed by atoms with van der Waals surface area (Å²) in [5.41, 5.74) is 10.4. The Morgan fingerprint density at radius 3 is 2.68 bits per heavy atom. The van der Waals surface area contributed by atoms with E-state index in [4.69, 9.17) is 5.73 Å². The van der Waals surface area contributed by atoms with Gasteiger partial charge in [-0.05, 0) is 53.6 Å². The van der Waals surface area contributed by atoms with Gasteiger partial charge in [-0.15, -0.1) is 11.3 Å². The molecule has 0 saturated heterocycles. The largest absolute Gasteiger partial charge is 0.326 e. The van der Waals surface area contributed by atoms with Crippen molar-refractivity contribution in [2.75, 3.05) is 10.2 Å². The van der Waals surface area contributed by atoms with Crippen molar-refractivity contribution < 1.29 is 4.79 Å². The maximum Gasteiger partial charge on any atom is 0.228 e. The summed E-state index contributed by atoms with van der Waals surface area (Å²) in [5.74, 6) is 0.477. The predicted molar refractivity (Wildman–Crippen MR) is 114 cm³/mol. The van der Waals surface area contributed by atoms with Crippen LogP contribution in [0.4, 0.5) is 16.4 Å². The van der Waals surface area contributed by atoms with Gasteiger partial charge in [0.15, 0.2) is 0 Å². The van der Waals surface area contributed by atoms with Crippen molar-refractivity contribution in [1.29, 1.82) is 0 Å². The molecule has 1 unspecified atom stereocenters. The topological polar surface area (TPSA) is 70.7 Å². The van der Waals surface area contributed by atoms with Crippen molar-refractivity contribution in [3.8, 4) is 0 Å². The number of rotatable bonds is 4. The van der Waals surface area contributed by atoms with Gasteiger partial charge >= 0.3 is 0 Å². The number of thiophene rings is 1. The van der Waals surface area contributed by atoms with E-state index in [0.29, 0.717) is 5.92 Å². The van der Waals surface area contributed by atoms with Crippen LogP contribution in [0.5, 0.6) is 0 Å². The predicted octanol–water partition coefficient (Wildman–Crippen LogP) is 4.63. The van der Waals surface area contributed by atoms with Crippen LogP contribution in [-0.4, -0.2) is 12.2 Å². The Bertz CT molecular complexity index is 1030. The minimum atomic E-state index is -0.253. The second kappa shape index (κ2) is 6.89. The molecular formula is C22H20N4OS. The molecular weight excluding hydrogens is 368 g/mol. The molecule has 1 fully saturated rings. The monoisotopic (exact) mass is 388 g/mol. The number of amides is 1. The summed E-state index contributed by atoms with van der Waals surface area (Å²) in [6.45, 7) is 0. The fraction of sp³-hybridized carbons (Fsp3) is 0.182. The SMILES string of the molecule is NC1c2ccsc2N=CN1c1ccc(NC(=O)[C@H]2C[C@@H]2c2ccccc2)cc1. The fourth-order valence-corrected chi connectivity index (χ4v) is 4.49. The van der Waals surface area contributed by atoms with E-state index in [1.807, 2.05) is 58.8 Å². The average molecular weight is 388 g/mol. The van der Waals surface area contributed by atoms with Gasteiger partial charge in [0.1, 0.15) is 11.2 Å². The van der Waals surface area contributed by atoms with Gasteiger partial charge in [-0.1, -0.05) is 30.3 Å². The zero-order valence-electron chi connectivity index (χ0n) is 15.2.